The van der Waals surface area contributed by atoms with Crippen LogP contribution >= 0.6 is 0 Å². The van der Waals surface area contributed by atoms with Crippen molar-refractivity contribution in [1.29, 1.82) is 0 Å². The van der Waals surface area contributed by atoms with Crippen molar-refractivity contribution in [2.45, 2.75) is 25.3 Å². The highest BCUT2D eigenvalue weighted by atomic mass is 16.4. The zero-order valence-corrected chi connectivity index (χ0v) is 7.83. The summed E-state index contributed by atoms with van der Waals surface area (Å²) in [6.07, 6.45) is 2.11. The SMILES string of the molecule is NCCCN[C@@H](CCCN)C(=O)O. The fourth-order valence-electron chi connectivity index (χ4n) is 1.01. The summed E-state index contributed by atoms with van der Waals surface area (Å²) in [7, 11) is 0. The number of nitrogens with one attached hydrogen (secondary N) is 1. The molecule has 0 saturated heterocycles. The van der Waals surface area contributed by atoms with Crippen molar-refractivity contribution in [3.63, 3.8) is 0 Å². The molecule has 0 aromatic heterocycles. The molecule has 0 aliphatic rings. The van der Waals surface area contributed by atoms with Crippen LogP contribution in [0.2, 0.25) is 0 Å². The minimum Gasteiger partial charge on any atom is -0.480 e. The summed E-state index contributed by atoms with van der Waals surface area (Å²) in [5, 5.41) is 11.7. The van der Waals surface area contributed by atoms with E-state index in [0.29, 0.717) is 26.1 Å². The van der Waals surface area contributed by atoms with Crippen molar-refractivity contribution in [3.05, 3.63) is 0 Å². The zero-order chi connectivity index (χ0) is 10.1. The van der Waals surface area contributed by atoms with Gasteiger partial charge < -0.3 is 21.9 Å². The fraction of sp³-hybridized carbons (Fsp3) is 0.875. The molecule has 0 heterocycles. The molecule has 0 fully saturated rings. The van der Waals surface area contributed by atoms with Crippen LogP contribution in [-0.2, 0) is 4.79 Å². The van der Waals surface area contributed by atoms with Gasteiger partial charge >= 0.3 is 5.97 Å². The standard InChI is InChI=1S/C8H19N3O2/c9-4-1-3-7(8(12)13)11-6-2-5-10/h7,11H,1-6,9-10H2,(H,12,13)/t7-/m0/s1. The molecule has 5 heteroatoms. The Labute approximate surface area is 78.5 Å². The predicted octanol–water partition coefficient (Wildman–Crippen LogP) is -0.883. The lowest BCUT2D eigenvalue weighted by molar-refractivity contribution is -0.139. The van der Waals surface area contributed by atoms with Crippen molar-refractivity contribution in [3.8, 4) is 0 Å². The van der Waals surface area contributed by atoms with E-state index in [9.17, 15) is 4.79 Å². The van der Waals surface area contributed by atoms with Crippen LogP contribution in [0.25, 0.3) is 0 Å². The smallest absolute Gasteiger partial charge is 0.320 e. The van der Waals surface area contributed by atoms with E-state index >= 15 is 0 Å². The van der Waals surface area contributed by atoms with Gasteiger partial charge in [0.2, 0.25) is 0 Å². The molecule has 0 aromatic rings. The molecule has 0 saturated carbocycles. The number of rotatable bonds is 8. The number of carboxylic acid groups (broad SMARTS) is 1. The van der Waals surface area contributed by atoms with Crippen LogP contribution in [0.4, 0.5) is 0 Å². The van der Waals surface area contributed by atoms with E-state index in [-0.39, 0.29) is 0 Å². The summed E-state index contributed by atoms with van der Waals surface area (Å²) >= 11 is 0. The fourth-order valence-corrected chi connectivity index (χ4v) is 1.01. The molecule has 0 radical (unpaired) electrons. The van der Waals surface area contributed by atoms with Gasteiger partial charge in [-0.2, -0.15) is 0 Å². The zero-order valence-electron chi connectivity index (χ0n) is 7.83. The lowest BCUT2D eigenvalue weighted by Gasteiger charge is -2.13. The maximum absolute atomic E-state index is 10.7. The van der Waals surface area contributed by atoms with E-state index in [2.05, 4.69) is 5.32 Å². The van der Waals surface area contributed by atoms with Gasteiger partial charge in [0, 0.05) is 0 Å². The normalized spacial score (nSPS) is 12.8. The number of hydrogen-bond donors (Lipinski definition) is 4. The second-order valence-electron chi connectivity index (χ2n) is 2.92. The Hall–Kier alpha value is -0.650. The Bertz CT molecular complexity index is 141. The highest BCUT2D eigenvalue weighted by molar-refractivity contribution is 5.73. The molecule has 0 spiro atoms. The van der Waals surface area contributed by atoms with Crippen LogP contribution in [0.3, 0.4) is 0 Å². The third-order valence-corrected chi connectivity index (χ3v) is 1.77. The monoisotopic (exact) mass is 189 g/mol. The number of hydrogen-bond acceptors (Lipinski definition) is 4. The summed E-state index contributed by atoms with van der Waals surface area (Å²) in [6.45, 7) is 1.76. The van der Waals surface area contributed by atoms with Crippen molar-refractivity contribution < 1.29 is 9.90 Å². The Morgan fingerprint density at radius 3 is 2.38 bits per heavy atom. The van der Waals surface area contributed by atoms with Gasteiger partial charge in [-0.1, -0.05) is 0 Å². The second kappa shape index (κ2) is 7.97. The lowest BCUT2D eigenvalue weighted by atomic mass is 10.1. The minimum absolute atomic E-state index is 0.477. The van der Waals surface area contributed by atoms with Gasteiger partial charge in [0.15, 0.2) is 0 Å². The van der Waals surface area contributed by atoms with E-state index in [1.165, 1.54) is 0 Å². The highest BCUT2D eigenvalue weighted by Gasteiger charge is 2.14. The average Bonchev–Trinajstić information content (AvgIpc) is 2.10. The molecule has 0 rings (SSSR count). The molecular weight excluding hydrogens is 170 g/mol. The molecule has 0 aliphatic heterocycles. The summed E-state index contributed by atoms with van der Waals surface area (Å²) in [5.41, 5.74) is 10.6. The Morgan fingerprint density at radius 1 is 1.31 bits per heavy atom. The molecule has 0 amide bonds. The summed E-state index contributed by atoms with van der Waals surface area (Å²) < 4.78 is 0. The topological polar surface area (TPSA) is 101 Å². The number of nitrogens with two attached hydrogens (primary N) is 2. The number of carboxylic acids is 1. The van der Waals surface area contributed by atoms with Gasteiger partial charge in [0.05, 0.1) is 0 Å². The first-order valence-electron chi connectivity index (χ1n) is 4.58. The molecule has 0 aromatic carbocycles. The maximum Gasteiger partial charge on any atom is 0.320 e. The maximum atomic E-state index is 10.7. The quantitative estimate of drug-likeness (QED) is 0.371. The Balaban J connectivity index is 3.61. The molecule has 78 valence electrons. The van der Waals surface area contributed by atoms with Crippen molar-refractivity contribution in [1.82, 2.24) is 5.32 Å². The predicted molar refractivity (Wildman–Crippen MR) is 51.4 cm³/mol. The van der Waals surface area contributed by atoms with Crippen molar-refractivity contribution in [2.24, 2.45) is 11.5 Å². The molecule has 0 unspecified atom stereocenters. The summed E-state index contributed by atoms with van der Waals surface area (Å²) in [6, 6.07) is -0.477. The first kappa shape index (κ1) is 12.3. The van der Waals surface area contributed by atoms with Gasteiger partial charge in [0.1, 0.15) is 6.04 Å². The third-order valence-electron chi connectivity index (χ3n) is 1.77. The molecule has 6 N–H and O–H groups in total. The molecule has 0 aliphatic carbocycles. The van der Waals surface area contributed by atoms with E-state index in [1.54, 1.807) is 0 Å². The van der Waals surface area contributed by atoms with Crippen molar-refractivity contribution in [2.75, 3.05) is 19.6 Å². The van der Waals surface area contributed by atoms with Crippen LogP contribution < -0.4 is 16.8 Å². The van der Waals surface area contributed by atoms with Crippen LogP contribution in [0, 0.1) is 0 Å². The van der Waals surface area contributed by atoms with E-state index in [1.807, 2.05) is 0 Å². The van der Waals surface area contributed by atoms with E-state index in [4.69, 9.17) is 16.6 Å². The highest BCUT2D eigenvalue weighted by Crippen LogP contribution is 1.96. The molecule has 1 atom stereocenters. The number of aliphatic carboxylic acids is 1. The third kappa shape index (κ3) is 6.51. The Morgan fingerprint density at radius 2 is 1.92 bits per heavy atom. The van der Waals surface area contributed by atoms with Gasteiger partial charge in [-0.05, 0) is 38.9 Å². The Kier molecular flexibility index (Phi) is 7.57. The van der Waals surface area contributed by atoms with E-state index in [0.717, 1.165) is 12.8 Å². The van der Waals surface area contributed by atoms with E-state index < -0.39 is 12.0 Å². The van der Waals surface area contributed by atoms with Gasteiger partial charge in [0.25, 0.3) is 0 Å². The van der Waals surface area contributed by atoms with Crippen LogP contribution in [-0.4, -0.2) is 36.8 Å². The van der Waals surface area contributed by atoms with Crippen LogP contribution in [0.15, 0.2) is 0 Å². The van der Waals surface area contributed by atoms with Crippen LogP contribution in [0.5, 0.6) is 0 Å². The van der Waals surface area contributed by atoms with Crippen LogP contribution in [0.1, 0.15) is 19.3 Å². The largest absolute Gasteiger partial charge is 0.480 e. The lowest BCUT2D eigenvalue weighted by Crippen LogP contribution is -2.38. The van der Waals surface area contributed by atoms with Gasteiger partial charge in [-0.3, -0.25) is 4.79 Å². The second-order valence-corrected chi connectivity index (χ2v) is 2.92. The average molecular weight is 189 g/mol. The van der Waals surface area contributed by atoms with Crippen molar-refractivity contribution >= 4 is 5.97 Å². The molecular formula is C8H19N3O2. The minimum atomic E-state index is -0.814. The molecule has 5 nitrogen and oxygen atoms in total. The summed E-state index contributed by atoms with van der Waals surface area (Å²) in [4.78, 5) is 10.7. The first-order chi connectivity index (χ1) is 6.22. The summed E-state index contributed by atoms with van der Waals surface area (Å²) in [5.74, 6) is -0.814. The van der Waals surface area contributed by atoms with Gasteiger partial charge in [-0.15, -0.1) is 0 Å². The van der Waals surface area contributed by atoms with Gasteiger partial charge in [-0.25, -0.2) is 0 Å². The molecule has 0 bridgehead atoms. The number of carbonyl (C=O) groups is 1. The first-order valence-corrected chi connectivity index (χ1v) is 4.58. The molecule has 13 heavy (non-hydrogen) atoms.